The van der Waals surface area contributed by atoms with Gasteiger partial charge in [-0.15, -0.1) is 0 Å². The number of benzene rings is 4. The second-order valence-electron chi connectivity index (χ2n) is 7.27. The summed E-state index contributed by atoms with van der Waals surface area (Å²) in [5, 5.41) is 6.18. The Morgan fingerprint density at radius 3 is 2.45 bits per heavy atom. The SMILES string of the molecule is COc1cc(/C=N/NC(=O)Cc2cccc3ccccc23)ccc1OC(=O)c1ccccc1. The average Bonchev–Trinajstić information content (AvgIpc) is 2.85. The lowest BCUT2D eigenvalue weighted by atomic mass is 10.0. The number of nitrogens with one attached hydrogen (secondary N) is 1. The molecule has 0 aromatic heterocycles. The van der Waals surface area contributed by atoms with Gasteiger partial charge in [0.1, 0.15) is 0 Å². The highest BCUT2D eigenvalue weighted by Crippen LogP contribution is 2.28. The number of hydrogen-bond acceptors (Lipinski definition) is 5. The van der Waals surface area contributed by atoms with E-state index in [0.717, 1.165) is 16.3 Å². The summed E-state index contributed by atoms with van der Waals surface area (Å²) in [6.45, 7) is 0. The van der Waals surface area contributed by atoms with Crippen LogP contribution in [0.5, 0.6) is 11.5 Å². The largest absolute Gasteiger partial charge is 0.493 e. The first-order valence-electron chi connectivity index (χ1n) is 10.4. The minimum absolute atomic E-state index is 0.219. The number of fused-ring (bicyclic) bond motifs is 1. The highest BCUT2D eigenvalue weighted by Gasteiger charge is 2.12. The molecule has 0 fully saturated rings. The minimum atomic E-state index is -0.476. The van der Waals surface area contributed by atoms with E-state index in [0.29, 0.717) is 22.6 Å². The van der Waals surface area contributed by atoms with Crippen LogP contribution >= 0.6 is 0 Å². The Hall–Kier alpha value is -4.45. The van der Waals surface area contributed by atoms with Crippen LogP contribution in [0.25, 0.3) is 10.8 Å². The number of hydrogen-bond donors (Lipinski definition) is 1. The Morgan fingerprint density at radius 1 is 0.879 bits per heavy atom. The van der Waals surface area contributed by atoms with E-state index in [1.165, 1.54) is 13.3 Å². The molecule has 164 valence electrons. The molecule has 6 nitrogen and oxygen atoms in total. The van der Waals surface area contributed by atoms with Crippen LogP contribution in [-0.2, 0) is 11.2 Å². The second-order valence-corrected chi connectivity index (χ2v) is 7.27. The van der Waals surface area contributed by atoms with Gasteiger partial charge in [0.25, 0.3) is 0 Å². The molecule has 0 aliphatic carbocycles. The summed E-state index contributed by atoms with van der Waals surface area (Å²) in [6, 6.07) is 27.6. The maximum atomic E-state index is 12.4. The maximum Gasteiger partial charge on any atom is 0.343 e. The van der Waals surface area contributed by atoms with Crippen molar-refractivity contribution in [3.05, 3.63) is 108 Å². The third kappa shape index (κ3) is 5.43. The Bertz CT molecular complexity index is 1310. The number of amides is 1. The molecule has 0 spiro atoms. The molecule has 0 aliphatic rings. The van der Waals surface area contributed by atoms with Crippen LogP contribution in [0.15, 0.2) is 96.1 Å². The van der Waals surface area contributed by atoms with E-state index in [1.54, 1.807) is 42.5 Å². The molecule has 0 bridgehead atoms. The van der Waals surface area contributed by atoms with Crippen LogP contribution in [0.3, 0.4) is 0 Å². The monoisotopic (exact) mass is 438 g/mol. The summed E-state index contributed by atoms with van der Waals surface area (Å²) in [4.78, 5) is 24.7. The van der Waals surface area contributed by atoms with E-state index in [-0.39, 0.29) is 12.3 Å². The van der Waals surface area contributed by atoms with Crippen LogP contribution in [0, 0.1) is 0 Å². The topological polar surface area (TPSA) is 77.0 Å². The van der Waals surface area contributed by atoms with Gasteiger partial charge < -0.3 is 9.47 Å². The molecule has 6 heteroatoms. The van der Waals surface area contributed by atoms with Gasteiger partial charge in [-0.2, -0.15) is 5.10 Å². The molecule has 0 heterocycles. The van der Waals surface area contributed by atoms with Gasteiger partial charge in [0, 0.05) is 0 Å². The van der Waals surface area contributed by atoms with Crippen molar-refractivity contribution in [2.45, 2.75) is 6.42 Å². The standard InChI is InChI=1S/C27H22N2O4/c1-32-25-16-19(14-15-24(25)33-27(31)21-9-3-2-4-10-21)18-28-29-26(30)17-22-12-7-11-20-8-5-6-13-23(20)22/h2-16,18H,17H2,1H3,(H,29,30)/b28-18+. The van der Waals surface area contributed by atoms with Crippen LogP contribution in [0.2, 0.25) is 0 Å². The fourth-order valence-electron chi connectivity index (χ4n) is 3.42. The number of ether oxygens (including phenoxy) is 2. The third-order valence-electron chi connectivity index (χ3n) is 5.03. The van der Waals surface area contributed by atoms with Crippen molar-refractivity contribution >= 4 is 28.9 Å². The molecule has 33 heavy (non-hydrogen) atoms. The fourth-order valence-corrected chi connectivity index (χ4v) is 3.42. The number of rotatable bonds is 7. The van der Waals surface area contributed by atoms with Gasteiger partial charge in [-0.3, -0.25) is 4.79 Å². The van der Waals surface area contributed by atoms with E-state index in [1.807, 2.05) is 48.5 Å². The van der Waals surface area contributed by atoms with E-state index in [4.69, 9.17) is 9.47 Å². The lowest BCUT2D eigenvalue weighted by Crippen LogP contribution is -2.19. The first kappa shape index (κ1) is 21.8. The van der Waals surface area contributed by atoms with E-state index < -0.39 is 5.97 Å². The molecule has 4 rings (SSSR count). The van der Waals surface area contributed by atoms with Crippen LogP contribution in [0.4, 0.5) is 0 Å². The normalized spacial score (nSPS) is 10.8. The van der Waals surface area contributed by atoms with Gasteiger partial charge in [-0.1, -0.05) is 60.7 Å². The van der Waals surface area contributed by atoms with Gasteiger partial charge in [-0.25, -0.2) is 10.2 Å². The first-order chi connectivity index (χ1) is 16.1. The quantitative estimate of drug-likeness (QED) is 0.195. The van der Waals surface area contributed by atoms with E-state index in [9.17, 15) is 9.59 Å². The van der Waals surface area contributed by atoms with E-state index >= 15 is 0 Å². The predicted molar refractivity (Wildman–Crippen MR) is 128 cm³/mol. The fraction of sp³-hybridized carbons (Fsp3) is 0.0741. The van der Waals surface area contributed by atoms with E-state index in [2.05, 4.69) is 10.5 Å². The molecule has 0 atom stereocenters. The number of hydrazone groups is 1. The van der Waals surface area contributed by atoms with Crippen LogP contribution in [0.1, 0.15) is 21.5 Å². The Kier molecular flexibility index (Phi) is 6.75. The number of nitrogens with zero attached hydrogens (tertiary/aromatic N) is 1. The summed E-state index contributed by atoms with van der Waals surface area (Å²) in [5.74, 6) is -0.0206. The van der Waals surface area contributed by atoms with Crippen LogP contribution < -0.4 is 14.9 Å². The molecule has 0 radical (unpaired) electrons. The zero-order chi connectivity index (χ0) is 23.0. The molecule has 1 amide bonds. The summed E-state index contributed by atoms with van der Waals surface area (Å²) < 4.78 is 10.8. The number of carbonyl (C=O) groups is 2. The Labute approximate surface area is 191 Å². The average molecular weight is 438 g/mol. The second kappa shape index (κ2) is 10.2. The summed E-state index contributed by atoms with van der Waals surface area (Å²) >= 11 is 0. The third-order valence-corrected chi connectivity index (χ3v) is 5.03. The maximum absolute atomic E-state index is 12.4. The highest BCUT2D eigenvalue weighted by molar-refractivity contribution is 5.92. The Morgan fingerprint density at radius 2 is 1.64 bits per heavy atom. The number of methoxy groups -OCH3 is 1. The molecule has 0 saturated carbocycles. The van der Waals surface area contributed by atoms with Gasteiger partial charge in [0.2, 0.25) is 5.91 Å². The molecule has 0 aliphatic heterocycles. The van der Waals surface area contributed by atoms with Crippen molar-refractivity contribution in [3.8, 4) is 11.5 Å². The summed E-state index contributed by atoms with van der Waals surface area (Å²) in [6.07, 6.45) is 1.72. The van der Waals surface area contributed by atoms with Crippen molar-refractivity contribution in [1.82, 2.24) is 5.43 Å². The van der Waals surface area contributed by atoms with Gasteiger partial charge in [0.15, 0.2) is 11.5 Å². The number of carbonyl (C=O) groups excluding carboxylic acids is 2. The molecule has 0 saturated heterocycles. The lowest BCUT2D eigenvalue weighted by Gasteiger charge is -2.10. The lowest BCUT2D eigenvalue weighted by molar-refractivity contribution is -0.120. The van der Waals surface area contributed by atoms with Crippen molar-refractivity contribution in [3.63, 3.8) is 0 Å². The van der Waals surface area contributed by atoms with Crippen molar-refractivity contribution in [2.75, 3.05) is 7.11 Å². The molecule has 0 unspecified atom stereocenters. The summed E-state index contributed by atoms with van der Waals surface area (Å²) in [5.41, 5.74) is 4.61. The minimum Gasteiger partial charge on any atom is -0.493 e. The smallest absolute Gasteiger partial charge is 0.343 e. The predicted octanol–water partition coefficient (Wildman–Crippen LogP) is 4.76. The van der Waals surface area contributed by atoms with Gasteiger partial charge in [0.05, 0.1) is 25.3 Å². The van der Waals surface area contributed by atoms with Gasteiger partial charge >= 0.3 is 5.97 Å². The molecular weight excluding hydrogens is 416 g/mol. The number of esters is 1. The molecule has 4 aromatic rings. The van der Waals surface area contributed by atoms with Gasteiger partial charge in [-0.05, 0) is 52.2 Å². The summed E-state index contributed by atoms with van der Waals surface area (Å²) in [7, 11) is 1.49. The first-order valence-corrected chi connectivity index (χ1v) is 10.4. The molecule has 1 N–H and O–H groups in total. The molecular formula is C27H22N2O4. The zero-order valence-electron chi connectivity index (χ0n) is 18.0. The van der Waals surface area contributed by atoms with Crippen molar-refractivity contribution in [2.24, 2.45) is 5.10 Å². The molecule has 4 aromatic carbocycles. The Balaban J connectivity index is 1.39. The highest BCUT2D eigenvalue weighted by atomic mass is 16.6. The van der Waals surface area contributed by atoms with Crippen molar-refractivity contribution < 1.29 is 19.1 Å². The van der Waals surface area contributed by atoms with Crippen LogP contribution in [-0.4, -0.2) is 25.2 Å². The zero-order valence-corrected chi connectivity index (χ0v) is 18.0. The van der Waals surface area contributed by atoms with Crippen molar-refractivity contribution in [1.29, 1.82) is 0 Å².